The molecule has 1 N–H and O–H groups in total. The molecule has 1 fully saturated rings. The Balaban J connectivity index is 1.82. The van der Waals surface area contributed by atoms with Crippen LogP contribution in [-0.2, 0) is 5.54 Å². The van der Waals surface area contributed by atoms with E-state index in [1.54, 1.807) is 24.3 Å². The van der Waals surface area contributed by atoms with Gasteiger partial charge in [-0.3, -0.25) is 4.79 Å². The SMILES string of the molecule is O=C(NC1(c2cccc(Cl)c2)CC1)c1cccc(Cl)c1. The molecular weight excluding hydrogens is 293 g/mol. The van der Waals surface area contributed by atoms with Crippen LogP contribution in [0.3, 0.4) is 0 Å². The van der Waals surface area contributed by atoms with E-state index in [2.05, 4.69) is 5.32 Å². The smallest absolute Gasteiger partial charge is 0.252 e. The summed E-state index contributed by atoms with van der Waals surface area (Å²) in [7, 11) is 0. The minimum atomic E-state index is -0.274. The van der Waals surface area contributed by atoms with E-state index in [0.29, 0.717) is 15.6 Å². The molecule has 2 aromatic rings. The van der Waals surface area contributed by atoms with Crippen molar-refractivity contribution in [2.24, 2.45) is 0 Å². The standard InChI is InChI=1S/C16H13Cl2NO/c17-13-5-1-3-11(9-13)15(20)19-16(7-8-16)12-4-2-6-14(18)10-12/h1-6,9-10H,7-8H2,(H,19,20). The highest BCUT2D eigenvalue weighted by molar-refractivity contribution is 6.31. The van der Waals surface area contributed by atoms with Gasteiger partial charge in [-0.1, -0.05) is 41.4 Å². The second-order valence-electron chi connectivity index (χ2n) is 5.06. The molecule has 1 aliphatic rings. The number of halogens is 2. The first-order valence-electron chi connectivity index (χ1n) is 6.43. The summed E-state index contributed by atoms with van der Waals surface area (Å²) in [6.07, 6.45) is 1.86. The van der Waals surface area contributed by atoms with Crippen LogP contribution in [-0.4, -0.2) is 5.91 Å². The van der Waals surface area contributed by atoms with Crippen LogP contribution in [0.2, 0.25) is 10.0 Å². The van der Waals surface area contributed by atoms with Gasteiger partial charge in [-0.05, 0) is 48.7 Å². The Bertz CT molecular complexity index is 665. The third-order valence-corrected chi connectivity index (χ3v) is 4.04. The fraction of sp³-hybridized carbons (Fsp3) is 0.188. The van der Waals surface area contributed by atoms with Crippen molar-refractivity contribution in [2.75, 3.05) is 0 Å². The number of carbonyl (C=O) groups excluding carboxylic acids is 1. The lowest BCUT2D eigenvalue weighted by Gasteiger charge is -2.18. The molecule has 20 heavy (non-hydrogen) atoms. The normalized spacial score (nSPS) is 15.7. The van der Waals surface area contributed by atoms with Crippen LogP contribution < -0.4 is 5.32 Å². The molecular formula is C16H13Cl2NO. The fourth-order valence-corrected chi connectivity index (χ4v) is 2.70. The summed E-state index contributed by atoms with van der Waals surface area (Å²) >= 11 is 11.9. The molecule has 1 amide bonds. The lowest BCUT2D eigenvalue weighted by atomic mass is 10.0. The average molecular weight is 306 g/mol. The van der Waals surface area contributed by atoms with Crippen molar-refractivity contribution in [3.05, 3.63) is 69.7 Å². The molecule has 0 saturated heterocycles. The number of hydrogen-bond donors (Lipinski definition) is 1. The first-order valence-corrected chi connectivity index (χ1v) is 7.19. The Hall–Kier alpha value is -1.51. The van der Waals surface area contributed by atoms with E-state index in [9.17, 15) is 4.79 Å². The summed E-state index contributed by atoms with van der Waals surface area (Å²) in [6, 6.07) is 14.6. The highest BCUT2D eigenvalue weighted by Gasteiger charge is 2.45. The van der Waals surface area contributed by atoms with Gasteiger partial charge in [-0.25, -0.2) is 0 Å². The molecule has 0 bridgehead atoms. The van der Waals surface area contributed by atoms with Crippen molar-refractivity contribution >= 4 is 29.1 Å². The van der Waals surface area contributed by atoms with Crippen LogP contribution in [0.1, 0.15) is 28.8 Å². The van der Waals surface area contributed by atoms with E-state index in [-0.39, 0.29) is 11.4 Å². The van der Waals surface area contributed by atoms with E-state index in [1.807, 2.05) is 24.3 Å². The minimum absolute atomic E-state index is 0.107. The number of benzene rings is 2. The topological polar surface area (TPSA) is 29.1 Å². The van der Waals surface area contributed by atoms with Crippen LogP contribution in [0.4, 0.5) is 0 Å². The number of rotatable bonds is 3. The van der Waals surface area contributed by atoms with Crippen molar-refractivity contribution in [1.29, 1.82) is 0 Å². The molecule has 0 atom stereocenters. The van der Waals surface area contributed by atoms with Crippen LogP contribution in [0.15, 0.2) is 48.5 Å². The van der Waals surface area contributed by atoms with E-state index >= 15 is 0 Å². The van der Waals surface area contributed by atoms with Crippen molar-refractivity contribution in [1.82, 2.24) is 5.32 Å². The number of carbonyl (C=O) groups is 1. The summed E-state index contributed by atoms with van der Waals surface area (Å²) in [6.45, 7) is 0. The molecule has 1 saturated carbocycles. The molecule has 0 unspecified atom stereocenters. The lowest BCUT2D eigenvalue weighted by molar-refractivity contribution is 0.0931. The third-order valence-electron chi connectivity index (χ3n) is 3.57. The molecule has 102 valence electrons. The molecule has 0 radical (unpaired) electrons. The van der Waals surface area contributed by atoms with Gasteiger partial charge in [0.05, 0.1) is 5.54 Å². The zero-order chi connectivity index (χ0) is 14.2. The van der Waals surface area contributed by atoms with E-state index in [1.165, 1.54) is 0 Å². The van der Waals surface area contributed by atoms with Gasteiger partial charge in [0.25, 0.3) is 5.91 Å². The van der Waals surface area contributed by atoms with Gasteiger partial charge in [0.1, 0.15) is 0 Å². The molecule has 3 rings (SSSR count). The van der Waals surface area contributed by atoms with E-state index in [4.69, 9.17) is 23.2 Å². The summed E-state index contributed by atoms with van der Waals surface area (Å²) in [5.74, 6) is -0.107. The van der Waals surface area contributed by atoms with Gasteiger partial charge < -0.3 is 5.32 Å². The first-order chi connectivity index (χ1) is 9.59. The summed E-state index contributed by atoms with van der Waals surface area (Å²) in [5, 5.41) is 4.34. The van der Waals surface area contributed by atoms with Gasteiger partial charge in [0, 0.05) is 15.6 Å². The van der Waals surface area contributed by atoms with Crippen molar-refractivity contribution in [2.45, 2.75) is 18.4 Å². The summed E-state index contributed by atoms with van der Waals surface area (Å²) in [5.41, 5.74) is 1.36. The molecule has 2 nitrogen and oxygen atoms in total. The lowest BCUT2D eigenvalue weighted by Crippen LogP contribution is -2.34. The highest BCUT2D eigenvalue weighted by Crippen LogP contribution is 2.46. The number of nitrogens with one attached hydrogen (secondary N) is 1. The number of amides is 1. The van der Waals surface area contributed by atoms with Gasteiger partial charge in [-0.15, -0.1) is 0 Å². The van der Waals surface area contributed by atoms with E-state index in [0.717, 1.165) is 18.4 Å². The minimum Gasteiger partial charge on any atom is -0.343 e. The predicted molar refractivity (Wildman–Crippen MR) is 81.3 cm³/mol. The second kappa shape index (κ2) is 5.12. The maximum Gasteiger partial charge on any atom is 0.252 e. The Morgan fingerprint density at radius 2 is 1.65 bits per heavy atom. The molecule has 4 heteroatoms. The fourth-order valence-electron chi connectivity index (χ4n) is 2.32. The Labute approximate surface area is 127 Å². The van der Waals surface area contributed by atoms with Gasteiger partial charge in [-0.2, -0.15) is 0 Å². The molecule has 0 aromatic heterocycles. The first kappa shape index (κ1) is 13.5. The monoisotopic (exact) mass is 305 g/mol. The molecule has 0 aliphatic heterocycles. The Morgan fingerprint density at radius 3 is 2.25 bits per heavy atom. The zero-order valence-corrected chi connectivity index (χ0v) is 12.2. The maximum absolute atomic E-state index is 12.3. The quantitative estimate of drug-likeness (QED) is 0.894. The second-order valence-corrected chi connectivity index (χ2v) is 5.93. The molecule has 1 aliphatic carbocycles. The van der Waals surface area contributed by atoms with Crippen LogP contribution in [0, 0.1) is 0 Å². The van der Waals surface area contributed by atoms with Crippen molar-refractivity contribution < 1.29 is 4.79 Å². The van der Waals surface area contributed by atoms with Crippen molar-refractivity contribution in [3.63, 3.8) is 0 Å². The number of hydrogen-bond acceptors (Lipinski definition) is 1. The molecule has 0 spiro atoms. The largest absolute Gasteiger partial charge is 0.343 e. The zero-order valence-electron chi connectivity index (χ0n) is 10.7. The van der Waals surface area contributed by atoms with Gasteiger partial charge in [0.15, 0.2) is 0 Å². The Kier molecular flexibility index (Phi) is 3.45. The van der Waals surface area contributed by atoms with Gasteiger partial charge >= 0.3 is 0 Å². The van der Waals surface area contributed by atoms with Crippen molar-refractivity contribution in [3.8, 4) is 0 Å². The summed E-state index contributed by atoms with van der Waals surface area (Å²) < 4.78 is 0. The van der Waals surface area contributed by atoms with E-state index < -0.39 is 0 Å². The Morgan fingerprint density at radius 1 is 1.00 bits per heavy atom. The molecule has 0 heterocycles. The average Bonchev–Trinajstić information content (AvgIpc) is 3.20. The highest BCUT2D eigenvalue weighted by atomic mass is 35.5. The molecule has 2 aromatic carbocycles. The van der Waals surface area contributed by atoms with Gasteiger partial charge in [0.2, 0.25) is 0 Å². The van der Waals surface area contributed by atoms with Crippen LogP contribution >= 0.6 is 23.2 Å². The van der Waals surface area contributed by atoms with Crippen LogP contribution in [0.25, 0.3) is 0 Å². The summed E-state index contributed by atoms with van der Waals surface area (Å²) in [4.78, 5) is 12.3. The maximum atomic E-state index is 12.3. The van der Waals surface area contributed by atoms with Crippen LogP contribution in [0.5, 0.6) is 0 Å². The third kappa shape index (κ3) is 2.67. The predicted octanol–water partition coefficient (Wildman–Crippen LogP) is 4.41.